The van der Waals surface area contributed by atoms with E-state index in [1.54, 1.807) is 0 Å². The van der Waals surface area contributed by atoms with Crippen LogP contribution in [0.2, 0.25) is 0 Å². The van der Waals surface area contributed by atoms with Crippen LogP contribution in [0.5, 0.6) is 0 Å². The molecule has 3 unspecified atom stereocenters. The normalized spacial score (nSPS) is 22.2. The van der Waals surface area contributed by atoms with Crippen LogP contribution in [0, 0.1) is 11.8 Å². The first-order chi connectivity index (χ1) is 8.60. The van der Waals surface area contributed by atoms with Gasteiger partial charge in [-0.25, -0.2) is 0 Å². The molecule has 1 aliphatic carbocycles. The fraction of sp³-hybridized carbons (Fsp3) is 0.933. The van der Waals surface area contributed by atoms with Gasteiger partial charge in [-0.05, 0) is 31.1 Å². The van der Waals surface area contributed by atoms with Crippen LogP contribution < -0.4 is 11.1 Å². The summed E-state index contributed by atoms with van der Waals surface area (Å²) in [6.07, 6.45) is 8.48. The zero-order valence-corrected chi connectivity index (χ0v) is 12.2. The van der Waals surface area contributed by atoms with Crippen LogP contribution in [0.15, 0.2) is 0 Å². The van der Waals surface area contributed by atoms with Crippen LogP contribution in [0.25, 0.3) is 0 Å². The van der Waals surface area contributed by atoms with E-state index in [4.69, 9.17) is 5.73 Å². The van der Waals surface area contributed by atoms with Crippen LogP contribution in [-0.4, -0.2) is 18.0 Å². The number of hydrogen-bond donors (Lipinski definition) is 2. The standard InChI is InChI=1S/C15H30N2O/c1-4-11(3)14(16)15(18)17-13(5-2)12-9-7-6-8-10-12/h11-14H,4-10,16H2,1-3H3,(H,17,18). The van der Waals surface area contributed by atoms with Gasteiger partial charge in [-0.1, -0.05) is 46.5 Å². The third kappa shape index (κ3) is 4.27. The fourth-order valence-electron chi connectivity index (χ4n) is 2.88. The summed E-state index contributed by atoms with van der Waals surface area (Å²) in [6.45, 7) is 6.29. The van der Waals surface area contributed by atoms with Crippen LogP contribution in [0.3, 0.4) is 0 Å². The Morgan fingerprint density at radius 1 is 1.22 bits per heavy atom. The molecule has 0 aliphatic heterocycles. The second-order valence-corrected chi connectivity index (χ2v) is 5.83. The minimum absolute atomic E-state index is 0.0433. The first-order valence-corrected chi connectivity index (χ1v) is 7.66. The molecule has 1 fully saturated rings. The predicted molar refractivity (Wildman–Crippen MR) is 76.2 cm³/mol. The van der Waals surface area contributed by atoms with Crippen molar-refractivity contribution >= 4 is 5.91 Å². The van der Waals surface area contributed by atoms with Gasteiger partial charge in [0.2, 0.25) is 5.91 Å². The number of carbonyl (C=O) groups excluding carboxylic acids is 1. The van der Waals surface area contributed by atoms with E-state index in [2.05, 4.69) is 19.2 Å². The lowest BCUT2D eigenvalue weighted by Gasteiger charge is -2.31. The number of hydrogen-bond acceptors (Lipinski definition) is 2. The Labute approximate surface area is 112 Å². The molecule has 0 aromatic carbocycles. The van der Waals surface area contributed by atoms with Gasteiger partial charge in [0, 0.05) is 6.04 Å². The molecule has 106 valence electrons. The Hall–Kier alpha value is -0.570. The highest BCUT2D eigenvalue weighted by atomic mass is 16.2. The van der Waals surface area contributed by atoms with E-state index >= 15 is 0 Å². The van der Waals surface area contributed by atoms with Gasteiger partial charge in [-0.2, -0.15) is 0 Å². The minimum atomic E-state index is -0.354. The number of carbonyl (C=O) groups is 1. The Balaban J connectivity index is 2.48. The highest BCUT2D eigenvalue weighted by Crippen LogP contribution is 2.27. The first-order valence-electron chi connectivity index (χ1n) is 7.66. The second kappa shape index (κ2) is 7.78. The lowest BCUT2D eigenvalue weighted by Crippen LogP contribution is -2.50. The molecule has 1 rings (SSSR count). The second-order valence-electron chi connectivity index (χ2n) is 5.83. The van der Waals surface area contributed by atoms with Crippen molar-refractivity contribution in [2.75, 3.05) is 0 Å². The van der Waals surface area contributed by atoms with Gasteiger partial charge >= 0.3 is 0 Å². The smallest absolute Gasteiger partial charge is 0.237 e. The average Bonchev–Trinajstić information content (AvgIpc) is 2.43. The molecule has 3 N–H and O–H groups in total. The van der Waals surface area contributed by atoms with Gasteiger partial charge in [0.15, 0.2) is 0 Å². The number of amides is 1. The van der Waals surface area contributed by atoms with Gasteiger partial charge in [0.05, 0.1) is 6.04 Å². The van der Waals surface area contributed by atoms with Crippen LogP contribution in [-0.2, 0) is 4.79 Å². The molecule has 0 bridgehead atoms. The number of nitrogens with two attached hydrogens (primary N) is 1. The molecule has 3 nitrogen and oxygen atoms in total. The molecule has 0 aromatic heterocycles. The summed E-state index contributed by atoms with van der Waals surface area (Å²) in [6, 6.07) is -0.0273. The summed E-state index contributed by atoms with van der Waals surface area (Å²) in [4.78, 5) is 12.1. The van der Waals surface area contributed by atoms with E-state index < -0.39 is 0 Å². The molecule has 1 amide bonds. The zero-order valence-electron chi connectivity index (χ0n) is 12.2. The summed E-state index contributed by atoms with van der Waals surface area (Å²) in [5, 5.41) is 3.19. The van der Waals surface area contributed by atoms with Crippen LogP contribution >= 0.6 is 0 Å². The molecule has 0 spiro atoms. The summed E-state index contributed by atoms with van der Waals surface area (Å²) in [5.74, 6) is 0.965. The summed E-state index contributed by atoms with van der Waals surface area (Å²) in [5.41, 5.74) is 5.99. The molecule has 0 heterocycles. The third-order valence-electron chi connectivity index (χ3n) is 4.55. The topological polar surface area (TPSA) is 55.1 Å². The van der Waals surface area contributed by atoms with Crippen LogP contribution in [0.4, 0.5) is 0 Å². The van der Waals surface area contributed by atoms with Crippen molar-refractivity contribution in [2.24, 2.45) is 17.6 Å². The number of rotatable bonds is 6. The van der Waals surface area contributed by atoms with Crippen molar-refractivity contribution in [2.45, 2.75) is 77.8 Å². The van der Waals surface area contributed by atoms with Crippen molar-refractivity contribution in [3.8, 4) is 0 Å². The lowest BCUT2D eigenvalue weighted by atomic mass is 9.82. The lowest BCUT2D eigenvalue weighted by molar-refractivity contribution is -0.124. The Kier molecular flexibility index (Phi) is 6.69. The van der Waals surface area contributed by atoms with E-state index in [0.29, 0.717) is 12.0 Å². The highest BCUT2D eigenvalue weighted by molar-refractivity contribution is 5.82. The largest absolute Gasteiger partial charge is 0.352 e. The molecule has 1 aliphatic rings. The molecule has 3 atom stereocenters. The fourth-order valence-corrected chi connectivity index (χ4v) is 2.88. The molecule has 18 heavy (non-hydrogen) atoms. The van der Waals surface area contributed by atoms with Gasteiger partial charge in [0.25, 0.3) is 0 Å². The van der Waals surface area contributed by atoms with E-state index in [9.17, 15) is 4.79 Å². The summed E-state index contributed by atoms with van der Waals surface area (Å²) >= 11 is 0. The van der Waals surface area contributed by atoms with Gasteiger partial charge < -0.3 is 11.1 Å². The summed E-state index contributed by atoms with van der Waals surface area (Å²) < 4.78 is 0. The van der Waals surface area contributed by atoms with E-state index in [-0.39, 0.29) is 17.9 Å². The quantitative estimate of drug-likeness (QED) is 0.766. The Bertz CT molecular complexity index is 249. The maximum absolute atomic E-state index is 12.1. The SMILES string of the molecule is CCC(C)C(N)C(=O)NC(CC)C1CCCCC1. The summed E-state index contributed by atoms with van der Waals surface area (Å²) in [7, 11) is 0. The van der Waals surface area contributed by atoms with Crippen molar-refractivity contribution in [3.63, 3.8) is 0 Å². The minimum Gasteiger partial charge on any atom is -0.352 e. The van der Waals surface area contributed by atoms with E-state index in [0.717, 1.165) is 12.8 Å². The molecular weight excluding hydrogens is 224 g/mol. The maximum atomic E-state index is 12.1. The molecule has 0 radical (unpaired) electrons. The van der Waals surface area contributed by atoms with Crippen LogP contribution in [0.1, 0.15) is 65.7 Å². The molecule has 1 saturated carbocycles. The molecular formula is C15H30N2O. The number of nitrogens with one attached hydrogen (secondary N) is 1. The van der Waals surface area contributed by atoms with Gasteiger partial charge in [-0.15, -0.1) is 0 Å². The maximum Gasteiger partial charge on any atom is 0.237 e. The van der Waals surface area contributed by atoms with E-state index in [1.807, 2.05) is 6.92 Å². The monoisotopic (exact) mass is 254 g/mol. The average molecular weight is 254 g/mol. The van der Waals surface area contributed by atoms with E-state index in [1.165, 1.54) is 32.1 Å². The third-order valence-corrected chi connectivity index (χ3v) is 4.55. The first kappa shape index (κ1) is 15.5. The Morgan fingerprint density at radius 3 is 2.33 bits per heavy atom. The van der Waals surface area contributed by atoms with Crippen molar-refractivity contribution in [3.05, 3.63) is 0 Å². The van der Waals surface area contributed by atoms with Crippen molar-refractivity contribution in [1.82, 2.24) is 5.32 Å². The van der Waals surface area contributed by atoms with Gasteiger partial charge in [0.1, 0.15) is 0 Å². The van der Waals surface area contributed by atoms with Gasteiger partial charge in [-0.3, -0.25) is 4.79 Å². The molecule has 0 saturated heterocycles. The molecule has 3 heteroatoms. The highest BCUT2D eigenvalue weighted by Gasteiger charge is 2.26. The predicted octanol–water partition coefficient (Wildman–Crippen LogP) is 2.83. The van der Waals surface area contributed by atoms with Crippen molar-refractivity contribution < 1.29 is 4.79 Å². The molecule has 0 aromatic rings. The Morgan fingerprint density at radius 2 is 1.83 bits per heavy atom. The van der Waals surface area contributed by atoms with Crippen molar-refractivity contribution in [1.29, 1.82) is 0 Å². The zero-order chi connectivity index (χ0) is 13.5.